The summed E-state index contributed by atoms with van der Waals surface area (Å²) in [6.45, 7) is 13.0. The number of rotatable bonds is 7. The fraction of sp³-hybridized carbons (Fsp3) is 0.733. The van der Waals surface area contributed by atoms with Gasteiger partial charge in [-0.15, -0.1) is 0 Å². The van der Waals surface area contributed by atoms with Crippen LogP contribution in [0.5, 0.6) is 0 Å². The number of nitrogens with zero attached hydrogens (tertiary/aromatic N) is 2. The van der Waals surface area contributed by atoms with Crippen molar-refractivity contribution < 1.29 is 4.74 Å². The molecule has 0 aliphatic heterocycles. The Labute approximate surface area is 122 Å². The number of ether oxygens (including phenoxy) is 1. The van der Waals surface area contributed by atoms with Crippen LogP contribution >= 0.6 is 0 Å². The van der Waals surface area contributed by atoms with Crippen LogP contribution in [0.4, 0.5) is 11.6 Å². The summed E-state index contributed by atoms with van der Waals surface area (Å²) < 4.78 is 5.15. The first-order valence-electron chi connectivity index (χ1n) is 7.23. The molecule has 5 nitrogen and oxygen atoms in total. The molecular weight excluding hydrogens is 252 g/mol. The van der Waals surface area contributed by atoms with Gasteiger partial charge in [0.1, 0.15) is 17.5 Å². The molecule has 0 aliphatic carbocycles. The topological polar surface area (TPSA) is 59.1 Å². The van der Waals surface area contributed by atoms with Gasteiger partial charge in [-0.2, -0.15) is 0 Å². The van der Waals surface area contributed by atoms with Crippen LogP contribution in [0, 0.1) is 5.92 Å². The van der Waals surface area contributed by atoms with E-state index < -0.39 is 0 Å². The van der Waals surface area contributed by atoms with Gasteiger partial charge in [0.05, 0.1) is 6.61 Å². The van der Waals surface area contributed by atoms with Crippen LogP contribution in [-0.2, 0) is 10.2 Å². The average Bonchev–Trinajstić information content (AvgIpc) is 2.36. The van der Waals surface area contributed by atoms with Crippen molar-refractivity contribution in [3.63, 3.8) is 0 Å². The van der Waals surface area contributed by atoms with Gasteiger partial charge in [-0.25, -0.2) is 9.97 Å². The van der Waals surface area contributed by atoms with E-state index in [4.69, 9.17) is 4.74 Å². The Bertz CT molecular complexity index is 415. The van der Waals surface area contributed by atoms with E-state index >= 15 is 0 Å². The van der Waals surface area contributed by atoms with E-state index in [9.17, 15) is 0 Å². The third-order valence-electron chi connectivity index (χ3n) is 2.84. The molecule has 0 aromatic carbocycles. The first-order valence-corrected chi connectivity index (χ1v) is 7.23. The van der Waals surface area contributed by atoms with Gasteiger partial charge in [-0.1, -0.05) is 27.7 Å². The highest BCUT2D eigenvalue weighted by Gasteiger charge is 2.19. The van der Waals surface area contributed by atoms with Gasteiger partial charge >= 0.3 is 0 Å². The minimum Gasteiger partial charge on any atom is -0.384 e. The van der Waals surface area contributed by atoms with Crippen LogP contribution in [0.15, 0.2) is 6.07 Å². The summed E-state index contributed by atoms with van der Waals surface area (Å²) in [5.74, 6) is 3.02. The molecule has 5 heteroatoms. The van der Waals surface area contributed by atoms with Crippen LogP contribution in [0.1, 0.15) is 40.4 Å². The number of aromatic nitrogens is 2. The Morgan fingerprint density at radius 1 is 1.20 bits per heavy atom. The van der Waals surface area contributed by atoms with Gasteiger partial charge in [0.2, 0.25) is 0 Å². The fourth-order valence-electron chi connectivity index (χ4n) is 1.77. The summed E-state index contributed by atoms with van der Waals surface area (Å²) in [7, 11) is 1.72. The maximum atomic E-state index is 5.15. The molecule has 1 aromatic heterocycles. The smallest absolute Gasteiger partial charge is 0.138 e. The van der Waals surface area contributed by atoms with Gasteiger partial charge < -0.3 is 15.4 Å². The lowest BCUT2D eigenvalue weighted by atomic mass is 9.96. The van der Waals surface area contributed by atoms with Crippen LogP contribution in [0.25, 0.3) is 0 Å². The van der Waals surface area contributed by atoms with E-state index in [1.54, 1.807) is 7.11 Å². The number of nitrogens with one attached hydrogen (secondary N) is 2. The lowest BCUT2D eigenvalue weighted by Gasteiger charge is -2.20. The first-order chi connectivity index (χ1) is 9.36. The minimum absolute atomic E-state index is 0.0694. The molecule has 0 aliphatic rings. The molecule has 0 saturated carbocycles. The molecule has 114 valence electrons. The van der Waals surface area contributed by atoms with Gasteiger partial charge in [0, 0.05) is 31.7 Å². The molecule has 1 atom stereocenters. The molecule has 1 rings (SSSR count). The Hall–Kier alpha value is -1.36. The Balaban J connectivity index is 2.86. The zero-order valence-corrected chi connectivity index (χ0v) is 13.6. The standard InChI is InChI=1S/C15H28N4O/c1-7-16-12-8-13(17-9-11(2)10-20-6)19-14(18-12)15(3,4)5/h8,11H,7,9-10H2,1-6H3,(H2,16,17,18,19). The predicted octanol–water partition coefficient (Wildman–Crippen LogP) is 2.90. The second kappa shape index (κ2) is 7.43. The lowest BCUT2D eigenvalue weighted by molar-refractivity contribution is 0.164. The quantitative estimate of drug-likeness (QED) is 0.804. The highest BCUT2D eigenvalue weighted by atomic mass is 16.5. The third kappa shape index (κ3) is 5.33. The van der Waals surface area contributed by atoms with Crippen molar-refractivity contribution in [2.45, 2.75) is 40.0 Å². The van der Waals surface area contributed by atoms with Crippen molar-refractivity contribution in [3.8, 4) is 0 Å². The molecule has 0 radical (unpaired) electrons. The number of anilines is 2. The SMILES string of the molecule is CCNc1cc(NCC(C)COC)nc(C(C)(C)C)n1. The van der Waals surface area contributed by atoms with Crippen molar-refractivity contribution in [3.05, 3.63) is 11.9 Å². The van der Waals surface area contributed by atoms with Crippen molar-refractivity contribution in [2.24, 2.45) is 5.92 Å². The largest absolute Gasteiger partial charge is 0.384 e. The monoisotopic (exact) mass is 280 g/mol. The second-order valence-electron chi connectivity index (χ2n) is 6.18. The van der Waals surface area contributed by atoms with Crippen molar-refractivity contribution in [1.82, 2.24) is 9.97 Å². The number of hydrogen-bond acceptors (Lipinski definition) is 5. The van der Waals surface area contributed by atoms with Crippen molar-refractivity contribution in [1.29, 1.82) is 0 Å². The minimum atomic E-state index is -0.0694. The highest BCUT2D eigenvalue weighted by molar-refractivity contribution is 5.48. The molecule has 20 heavy (non-hydrogen) atoms. The highest BCUT2D eigenvalue weighted by Crippen LogP contribution is 2.22. The molecule has 2 N–H and O–H groups in total. The third-order valence-corrected chi connectivity index (χ3v) is 2.84. The van der Waals surface area contributed by atoms with Crippen LogP contribution < -0.4 is 10.6 Å². The lowest BCUT2D eigenvalue weighted by Crippen LogP contribution is -2.21. The van der Waals surface area contributed by atoms with E-state index in [1.807, 2.05) is 6.07 Å². The van der Waals surface area contributed by atoms with Crippen LogP contribution in [-0.4, -0.2) is 36.8 Å². The zero-order chi connectivity index (χ0) is 15.2. The van der Waals surface area contributed by atoms with E-state index in [0.29, 0.717) is 5.92 Å². The maximum Gasteiger partial charge on any atom is 0.138 e. The fourth-order valence-corrected chi connectivity index (χ4v) is 1.77. The summed E-state index contributed by atoms with van der Waals surface area (Å²) in [5, 5.41) is 6.63. The Morgan fingerprint density at radius 2 is 1.80 bits per heavy atom. The van der Waals surface area contributed by atoms with E-state index in [-0.39, 0.29) is 5.41 Å². The molecule has 0 spiro atoms. The summed E-state index contributed by atoms with van der Waals surface area (Å²) in [6.07, 6.45) is 0. The Morgan fingerprint density at radius 3 is 2.30 bits per heavy atom. The molecule has 0 amide bonds. The predicted molar refractivity (Wildman–Crippen MR) is 84.4 cm³/mol. The Kier molecular flexibility index (Phi) is 6.20. The summed E-state index contributed by atoms with van der Waals surface area (Å²) >= 11 is 0. The van der Waals surface area contributed by atoms with E-state index in [1.165, 1.54) is 0 Å². The van der Waals surface area contributed by atoms with Gasteiger partial charge in [0.25, 0.3) is 0 Å². The van der Waals surface area contributed by atoms with Crippen molar-refractivity contribution in [2.75, 3.05) is 37.4 Å². The molecule has 1 unspecified atom stereocenters. The summed E-state index contributed by atoms with van der Waals surface area (Å²) in [5.41, 5.74) is -0.0694. The normalized spacial score (nSPS) is 13.1. The summed E-state index contributed by atoms with van der Waals surface area (Å²) in [6, 6.07) is 1.96. The number of methoxy groups -OCH3 is 1. The average molecular weight is 280 g/mol. The van der Waals surface area contributed by atoms with Gasteiger partial charge in [-0.05, 0) is 12.8 Å². The second-order valence-corrected chi connectivity index (χ2v) is 6.18. The summed E-state index contributed by atoms with van der Waals surface area (Å²) in [4.78, 5) is 9.19. The number of hydrogen-bond donors (Lipinski definition) is 2. The molecule has 0 fully saturated rings. The van der Waals surface area contributed by atoms with Crippen LogP contribution in [0.3, 0.4) is 0 Å². The first kappa shape index (κ1) is 16.7. The molecule has 0 bridgehead atoms. The molecule has 0 saturated heterocycles. The van der Waals surface area contributed by atoms with Crippen molar-refractivity contribution >= 4 is 11.6 Å². The molecule has 1 heterocycles. The molecule has 1 aromatic rings. The molecular formula is C15H28N4O. The van der Waals surface area contributed by atoms with E-state index in [2.05, 4.69) is 55.2 Å². The maximum absolute atomic E-state index is 5.15. The van der Waals surface area contributed by atoms with Crippen LogP contribution in [0.2, 0.25) is 0 Å². The van der Waals surface area contributed by atoms with Gasteiger partial charge in [0.15, 0.2) is 0 Å². The van der Waals surface area contributed by atoms with Gasteiger partial charge in [-0.3, -0.25) is 0 Å². The van der Waals surface area contributed by atoms with E-state index in [0.717, 1.165) is 37.2 Å². The zero-order valence-electron chi connectivity index (χ0n) is 13.6.